The summed E-state index contributed by atoms with van der Waals surface area (Å²) in [6.07, 6.45) is 6.18. The fourth-order valence-corrected chi connectivity index (χ4v) is 2.98. The molecule has 1 aliphatic rings. The Hall–Kier alpha value is -2.62. The van der Waals surface area contributed by atoms with Gasteiger partial charge in [-0.05, 0) is 29.8 Å². The van der Waals surface area contributed by atoms with Crippen LogP contribution in [0.4, 0.5) is 0 Å². The zero-order valence-electron chi connectivity index (χ0n) is 14.7. The van der Waals surface area contributed by atoms with Crippen molar-refractivity contribution in [2.45, 2.75) is 19.0 Å². The summed E-state index contributed by atoms with van der Waals surface area (Å²) in [5.74, 6) is 2.08. The summed E-state index contributed by atoms with van der Waals surface area (Å²) in [5.41, 5.74) is 8.24. The lowest BCUT2D eigenvalue weighted by Gasteiger charge is -2.26. The molecule has 2 aromatic heterocycles. The van der Waals surface area contributed by atoms with Crippen LogP contribution in [-0.2, 0) is 6.54 Å². The number of pyridine rings is 1. The van der Waals surface area contributed by atoms with Crippen LogP contribution in [0, 0.1) is 0 Å². The molecule has 27 heavy (non-hydrogen) atoms. The topological polar surface area (TPSA) is 90.4 Å². The maximum Gasteiger partial charge on any atom is 0.189 e. The van der Waals surface area contributed by atoms with Gasteiger partial charge in [-0.2, -0.15) is 5.10 Å². The van der Waals surface area contributed by atoms with Crippen molar-refractivity contribution in [3.8, 4) is 11.6 Å². The molecule has 1 aromatic carbocycles. The molecule has 1 atom stereocenters. The number of nitrogens with zero attached hydrogens (tertiary/aromatic N) is 4. The minimum absolute atomic E-state index is 0. The molecule has 0 saturated carbocycles. The van der Waals surface area contributed by atoms with Gasteiger partial charge in [0.1, 0.15) is 5.75 Å². The van der Waals surface area contributed by atoms with Gasteiger partial charge in [0, 0.05) is 30.6 Å². The molecule has 3 N–H and O–H groups in total. The fourth-order valence-electron chi connectivity index (χ4n) is 2.98. The van der Waals surface area contributed by atoms with E-state index in [-0.39, 0.29) is 30.0 Å². The molecule has 140 valence electrons. The fraction of sp³-hybridized carbons (Fsp3) is 0.211. The predicted octanol–water partition coefficient (Wildman–Crippen LogP) is 2.81. The number of aromatic nitrogens is 3. The minimum atomic E-state index is 0. The molecular weight excluding hydrogens is 455 g/mol. The third-order valence-corrected chi connectivity index (χ3v) is 4.26. The number of guanidine groups is 1. The summed E-state index contributed by atoms with van der Waals surface area (Å²) in [7, 11) is 0. The van der Waals surface area contributed by atoms with Gasteiger partial charge in [0.05, 0.1) is 19.2 Å². The van der Waals surface area contributed by atoms with Crippen LogP contribution in [0.3, 0.4) is 0 Å². The number of fused-ring (bicyclic) bond motifs is 1. The van der Waals surface area contributed by atoms with E-state index in [1.807, 2.05) is 42.6 Å². The maximum atomic E-state index is 6.11. The second kappa shape index (κ2) is 8.85. The van der Waals surface area contributed by atoms with E-state index < -0.39 is 0 Å². The zero-order valence-corrected chi connectivity index (χ0v) is 17.0. The Bertz CT molecular complexity index is 912. The van der Waals surface area contributed by atoms with Crippen molar-refractivity contribution in [3.05, 3.63) is 72.2 Å². The van der Waals surface area contributed by atoms with Gasteiger partial charge in [-0.3, -0.25) is 0 Å². The van der Waals surface area contributed by atoms with E-state index in [0.717, 1.165) is 29.1 Å². The lowest BCUT2D eigenvalue weighted by atomic mass is 10.0. The SMILES string of the molecule is I.NC(=NCc1ccnc(-n2cccn2)c1)NC1CCOc2ccccc21. The van der Waals surface area contributed by atoms with Gasteiger partial charge in [-0.15, -0.1) is 24.0 Å². The van der Waals surface area contributed by atoms with E-state index in [1.165, 1.54) is 0 Å². The Morgan fingerprint density at radius 3 is 3.00 bits per heavy atom. The molecule has 0 amide bonds. The number of ether oxygens (including phenoxy) is 1. The predicted molar refractivity (Wildman–Crippen MR) is 115 cm³/mol. The van der Waals surface area contributed by atoms with Crippen molar-refractivity contribution in [2.24, 2.45) is 10.7 Å². The van der Waals surface area contributed by atoms with Crippen LogP contribution in [0.15, 0.2) is 66.0 Å². The van der Waals surface area contributed by atoms with Gasteiger partial charge in [0.2, 0.25) is 0 Å². The number of aliphatic imine (C=N–C) groups is 1. The largest absolute Gasteiger partial charge is 0.493 e. The van der Waals surface area contributed by atoms with Crippen LogP contribution >= 0.6 is 24.0 Å². The van der Waals surface area contributed by atoms with E-state index in [2.05, 4.69) is 26.5 Å². The van der Waals surface area contributed by atoms with Gasteiger partial charge in [0.25, 0.3) is 0 Å². The monoisotopic (exact) mass is 476 g/mol. The smallest absolute Gasteiger partial charge is 0.189 e. The second-order valence-corrected chi connectivity index (χ2v) is 6.05. The number of para-hydroxylation sites is 1. The van der Waals surface area contributed by atoms with E-state index in [9.17, 15) is 0 Å². The van der Waals surface area contributed by atoms with Crippen LogP contribution in [0.1, 0.15) is 23.6 Å². The molecule has 8 heteroatoms. The minimum Gasteiger partial charge on any atom is -0.493 e. The highest BCUT2D eigenvalue weighted by atomic mass is 127. The first-order chi connectivity index (χ1) is 12.8. The Labute approximate surface area is 174 Å². The van der Waals surface area contributed by atoms with Gasteiger partial charge in [0.15, 0.2) is 11.8 Å². The molecule has 4 rings (SSSR count). The van der Waals surface area contributed by atoms with Crippen molar-refractivity contribution in [2.75, 3.05) is 6.61 Å². The third kappa shape index (κ3) is 4.57. The summed E-state index contributed by atoms with van der Waals surface area (Å²) >= 11 is 0. The Kier molecular flexibility index (Phi) is 6.28. The van der Waals surface area contributed by atoms with Gasteiger partial charge < -0.3 is 15.8 Å². The van der Waals surface area contributed by atoms with Gasteiger partial charge >= 0.3 is 0 Å². The zero-order chi connectivity index (χ0) is 17.8. The van der Waals surface area contributed by atoms with Crippen molar-refractivity contribution in [1.29, 1.82) is 0 Å². The highest BCUT2D eigenvalue weighted by molar-refractivity contribution is 14.0. The van der Waals surface area contributed by atoms with Gasteiger partial charge in [-0.25, -0.2) is 14.7 Å². The molecule has 0 bridgehead atoms. The first-order valence-electron chi connectivity index (χ1n) is 8.53. The van der Waals surface area contributed by atoms with E-state index in [4.69, 9.17) is 10.5 Å². The molecule has 0 aliphatic carbocycles. The normalized spacial score (nSPS) is 16.0. The van der Waals surface area contributed by atoms with Crippen molar-refractivity contribution in [1.82, 2.24) is 20.1 Å². The van der Waals surface area contributed by atoms with Crippen molar-refractivity contribution in [3.63, 3.8) is 0 Å². The van der Waals surface area contributed by atoms with Crippen molar-refractivity contribution >= 4 is 29.9 Å². The molecule has 1 aliphatic heterocycles. The van der Waals surface area contributed by atoms with Crippen LogP contribution in [0.5, 0.6) is 5.75 Å². The molecule has 7 nitrogen and oxygen atoms in total. The number of nitrogens with two attached hydrogens (primary N) is 1. The molecule has 0 spiro atoms. The highest BCUT2D eigenvalue weighted by Gasteiger charge is 2.21. The number of halogens is 1. The first-order valence-corrected chi connectivity index (χ1v) is 8.53. The van der Waals surface area contributed by atoms with E-state index in [1.54, 1.807) is 17.1 Å². The van der Waals surface area contributed by atoms with Gasteiger partial charge in [-0.1, -0.05) is 18.2 Å². The number of nitrogens with one attached hydrogen (secondary N) is 1. The number of hydrogen-bond donors (Lipinski definition) is 2. The first kappa shape index (κ1) is 19.2. The standard InChI is InChI=1S/C19H20N6O.HI/c20-19(24-16-7-11-26-17-5-2-1-4-15(16)17)22-13-14-6-9-21-18(12-14)25-10-3-8-23-25;/h1-6,8-10,12,16H,7,11,13H2,(H3,20,22,24);1H. The summed E-state index contributed by atoms with van der Waals surface area (Å²) in [5, 5.41) is 7.49. The van der Waals surface area contributed by atoms with Crippen LogP contribution in [-0.4, -0.2) is 27.3 Å². The third-order valence-electron chi connectivity index (χ3n) is 4.26. The summed E-state index contributed by atoms with van der Waals surface area (Å²) < 4.78 is 7.39. The molecule has 0 fully saturated rings. The highest BCUT2D eigenvalue weighted by Crippen LogP contribution is 2.31. The van der Waals surface area contributed by atoms with E-state index >= 15 is 0 Å². The molecule has 1 unspecified atom stereocenters. The Morgan fingerprint density at radius 2 is 2.15 bits per heavy atom. The summed E-state index contributed by atoms with van der Waals surface area (Å²) in [6.45, 7) is 1.14. The number of hydrogen-bond acceptors (Lipinski definition) is 4. The average Bonchev–Trinajstić information content (AvgIpc) is 3.22. The Morgan fingerprint density at radius 1 is 1.26 bits per heavy atom. The lowest BCUT2D eigenvalue weighted by Crippen LogP contribution is -2.37. The number of rotatable bonds is 4. The average molecular weight is 476 g/mol. The van der Waals surface area contributed by atoms with E-state index in [0.29, 0.717) is 19.1 Å². The summed E-state index contributed by atoms with van der Waals surface area (Å²) in [4.78, 5) is 8.79. The Balaban J connectivity index is 0.00000210. The van der Waals surface area contributed by atoms with Crippen LogP contribution in [0.2, 0.25) is 0 Å². The lowest BCUT2D eigenvalue weighted by molar-refractivity contribution is 0.262. The second-order valence-electron chi connectivity index (χ2n) is 6.05. The van der Waals surface area contributed by atoms with Crippen LogP contribution in [0.25, 0.3) is 5.82 Å². The molecular formula is C19H21IN6O. The molecule has 3 aromatic rings. The maximum absolute atomic E-state index is 6.11. The summed E-state index contributed by atoms with van der Waals surface area (Å²) in [6, 6.07) is 13.9. The van der Waals surface area contributed by atoms with Crippen LogP contribution < -0.4 is 15.8 Å². The molecule has 3 heterocycles. The molecule has 0 radical (unpaired) electrons. The number of benzene rings is 1. The van der Waals surface area contributed by atoms with Crippen molar-refractivity contribution < 1.29 is 4.74 Å². The quantitative estimate of drug-likeness (QED) is 0.344. The molecule has 0 saturated heterocycles.